The molecule has 5 heteroatoms. The van der Waals surface area contributed by atoms with E-state index in [0.717, 1.165) is 26.6 Å². The van der Waals surface area contributed by atoms with Crippen molar-refractivity contribution in [3.8, 4) is 0 Å². The van der Waals surface area contributed by atoms with E-state index in [1.54, 1.807) is 0 Å². The van der Waals surface area contributed by atoms with Crippen molar-refractivity contribution in [2.24, 2.45) is 0 Å². The molecule has 1 heterocycles. The molecule has 4 aromatic rings. The largest absolute Gasteiger partial charge is 0.387 e. The number of carbonyl (C=O) groups is 1. The van der Waals surface area contributed by atoms with Crippen LogP contribution in [0.25, 0.3) is 21.0 Å². The lowest BCUT2D eigenvalue weighted by Gasteiger charge is -2.14. The third-order valence-electron chi connectivity index (χ3n) is 4.13. The average molecular weight is 348 g/mol. The zero-order valence-electron chi connectivity index (χ0n) is 13.3. The molecular weight excluding hydrogens is 332 g/mol. The maximum atomic E-state index is 12.3. The van der Waals surface area contributed by atoms with E-state index in [9.17, 15) is 9.90 Å². The van der Waals surface area contributed by atoms with Gasteiger partial charge in [0.15, 0.2) is 5.01 Å². The molecule has 0 saturated heterocycles. The highest BCUT2D eigenvalue weighted by molar-refractivity contribution is 7.20. The van der Waals surface area contributed by atoms with Crippen LogP contribution in [0.1, 0.15) is 21.5 Å². The van der Waals surface area contributed by atoms with E-state index >= 15 is 0 Å². The fourth-order valence-corrected chi connectivity index (χ4v) is 3.77. The molecule has 2 N–H and O–H groups in total. The molecule has 4 rings (SSSR count). The minimum absolute atomic E-state index is 0.142. The Bertz CT molecular complexity index is 1020. The summed E-state index contributed by atoms with van der Waals surface area (Å²) in [5, 5.41) is 15.8. The third-order valence-corrected chi connectivity index (χ3v) is 5.16. The van der Waals surface area contributed by atoms with Crippen LogP contribution in [0.5, 0.6) is 0 Å². The van der Waals surface area contributed by atoms with Gasteiger partial charge in [0.05, 0.1) is 16.3 Å². The summed E-state index contributed by atoms with van der Waals surface area (Å²) in [5.41, 5.74) is 1.62. The fraction of sp³-hybridized carbons (Fsp3) is 0.100. The normalized spacial score (nSPS) is 12.4. The van der Waals surface area contributed by atoms with E-state index in [2.05, 4.69) is 10.3 Å². The van der Waals surface area contributed by atoms with Gasteiger partial charge in [-0.15, -0.1) is 11.3 Å². The minimum atomic E-state index is -0.774. The quantitative estimate of drug-likeness (QED) is 0.588. The van der Waals surface area contributed by atoms with Crippen LogP contribution < -0.4 is 5.32 Å². The highest BCUT2D eigenvalue weighted by atomic mass is 32.1. The number of benzene rings is 3. The standard InChI is InChI=1S/C20H16N2O2S/c23-17(15-9-5-7-13-6-1-2-8-14(13)15)12-21-19(24)20-22-16-10-3-4-11-18(16)25-20/h1-11,17,23H,12H2,(H,21,24). The van der Waals surface area contributed by atoms with Crippen LogP contribution in [0, 0.1) is 0 Å². The lowest BCUT2D eigenvalue weighted by atomic mass is 10.0. The lowest BCUT2D eigenvalue weighted by molar-refractivity contribution is 0.0917. The number of fused-ring (bicyclic) bond motifs is 2. The summed E-state index contributed by atoms with van der Waals surface area (Å²) in [5.74, 6) is -0.263. The molecule has 0 spiro atoms. The summed E-state index contributed by atoms with van der Waals surface area (Å²) in [6.45, 7) is 0.142. The Labute approximate surface area is 148 Å². The van der Waals surface area contributed by atoms with E-state index in [-0.39, 0.29) is 12.5 Å². The van der Waals surface area contributed by atoms with Gasteiger partial charge in [0.2, 0.25) is 0 Å². The van der Waals surface area contributed by atoms with Gasteiger partial charge in [-0.25, -0.2) is 4.98 Å². The molecule has 0 radical (unpaired) electrons. The van der Waals surface area contributed by atoms with Crippen LogP contribution in [0.3, 0.4) is 0 Å². The van der Waals surface area contributed by atoms with E-state index < -0.39 is 6.10 Å². The van der Waals surface area contributed by atoms with Crippen molar-refractivity contribution in [3.63, 3.8) is 0 Å². The first-order valence-corrected chi connectivity index (χ1v) is 8.83. The second-order valence-corrected chi connectivity index (χ2v) is 6.81. The summed E-state index contributed by atoms with van der Waals surface area (Å²) in [4.78, 5) is 16.7. The van der Waals surface area contributed by atoms with Gasteiger partial charge in [-0.05, 0) is 28.5 Å². The van der Waals surface area contributed by atoms with Gasteiger partial charge < -0.3 is 10.4 Å². The summed E-state index contributed by atoms with van der Waals surface area (Å²) in [7, 11) is 0. The summed E-state index contributed by atoms with van der Waals surface area (Å²) < 4.78 is 0.974. The molecule has 1 aromatic heterocycles. The van der Waals surface area contributed by atoms with Crippen molar-refractivity contribution in [2.45, 2.75) is 6.10 Å². The Morgan fingerprint density at radius 1 is 1.04 bits per heavy atom. The van der Waals surface area contributed by atoms with Crippen molar-refractivity contribution in [1.29, 1.82) is 0 Å². The number of thiazole rings is 1. The van der Waals surface area contributed by atoms with Crippen LogP contribution in [-0.2, 0) is 0 Å². The lowest BCUT2D eigenvalue weighted by Crippen LogP contribution is -2.28. The first-order valence-electron chi connectivity index (χ1n) is 8.02. The van der Waals surface area contributed by atoms with Crippen LogP contribution in [0.2, 0.25) is 0 Å². The molecule has 124 valence electrons. The third kappa shape index (κ3) is 3.12. The predicted molar refractivity (Wildman–Crippen MR) is 101 cm³/mol. The van der Waals surface area contributed by atoms with Crippen molar-refractivity contribution < 1.29 is 9.90 Å². The number of para-hydroxylation sites is 1. The second kappa shape index (κ2) is 6.63. The number of carbonyl (C=O) groups excluding carboxylic acids is 1. The molecule has 1 amide bonds. The van der Waals surface area contributed by atoms with Crippen molar-refractivity contribution >= 4 is 38.2 Å². The average Bonchev–Trinajstić information content (AvgIpc) is 3.09. The zero-order valence-corrected chi connectivity index (χ0v) is 14.2. The number of aliphatic hydroxyl groups is 1. The highest BCUT2D eigenvalue weighted by Gasteiger charge is 2.15. The van der Waals surface area contributed by atoms with E-state index in [1.807, 2.05) is 66.7 Å². The van der Waals surface area contributed by atoms with Gasteiger partial charge >= 0.3 is 0 Å². The zero-order chi connectivity index (χ0) is 17.2. The first kappa shape index (κ1) is 15.7. The Kier molecular flexibility index (Phi) is 4.17. The van der Waals surface area contributed by atoms with Gasteiger partial charge in [0.25, 0.3) is 5.91 Å². The molecule has 0 aliphatic carbocycles. The van der Waals surface area contributed by atoms with E-state index in [4.69, 9.17) is 0 Å². The molecule has 25 heavy (non-hydrogen) atoms. The molecular formula is C20H16N2O2S. The second-order valence-electron chi connectivity index (χ2n) is 5.78. The number of aromatic nitrogens is 1. The number of nitrogens with one attached hydrogen (secondary N) is 1. The molecule has 1 atom stereocenters. The number of amides is 1. The number of aliphatic hydroxyl groups excluding tert-OH is 1. The summed E-state index contributed by atoms with van der Waals surface area (Å²) in [6.07, 6.45) is -0.774. The monoisotopic (exact) mass is 348 g/mol. The molecule has 1 unspecified atom stereocenters. The molecule has 4 nitrogen and oxygen atoms in total. The Hall–Kier alpha value is -2.76. The van der Waals surface area contributed by atoms with Crippen LogP contribution in [0.4, 0.5) is 0 Å². The van der Waals surface area contributed by atoms with Crippen LogP contribution in [0.15, 0.2) is 66.7 Å². The maximum Gasteiger partial charge on any atom is 0.280 e. The van der Waals surface area contributed by atoms with Crippen molar-refractivity contribution in [3.05, 3.63) is 77.3 Å². The van der Waals surface area contributed by atoms with Gasteiger partial charge in [-0.2, -0.15) is 0 Å². The van der Waals surface area contributed by atoms with Crippen molar-refractivity contribution in [1.82, 2.24) is 10.3 Å². The smallest absolute Gasteiger partial charge is 0.280 e. The summed E-state index contributed by atoms with van der Waals surface area (Å²) in [6, 6.07) is 21.3. The summed E-state index contributed by atoms with van der Waals surface area (Å²) >= 11 is 1.35. The van der Waals surface area contributed by atoms with Crippen LogP contribution >= 0.6 is 11.3 Å². The molecule has 0 saturated carbocycles. The van der Waals surface area contributed by atoms with Gasteiger partial charge in [-0.3, -0.25) is 4.79 Å². The molecule has 0 fully saturated rings. The highest BCUT2D eigenvalue weighted by Crippen LogP contribution is 2.24. The topological polar surface area (TPSA) is 62.2 Å². The molecule has 0 aliphatic heterocycles. The molecule has 0 aliphatic rings. The number of rotatable bonds is 4. The van der Waals surface area contributed by atoms with Crippen molar-refractivity contribution in [2.75, 3.05) is 6.54 Å². The minimum Gasteiger partial charge on any atom is -0.387 e. The molecule has 3 aromatic carbocycles. The van der Waals surface area contributed by atoms with E-state index in [0.29, 0.717) is 5.01 Å². The Balaban J connectivity index is 1.51. The van der Waals surface area contributed by atoms with Gasteiger partial charge in [0, 0.05) is 6.54 Å². The molecule has 0 bridgehead atoms. The number of hydrogen-bond acceptors (Lipinski definition) is 4. The maximum absolute atomic E-state index is 12.3. The van der Waals surface area contributed by atoms with Gasteiger partial charge in [0.1, 0.15) is 0 Å². The Morgan fingerprint density at radius 2 is 1.80 bits per heavy atom. The van der Waals surface area contributed by atoms with Gasteiger partial charge in [-0.1, -0.05) is 54.6 Å². The number of hydrogen-bond donors (Lipinski definition) is 2. The number of nitrogens with zero attached hydrogens (tertiary/aromatic N) is 1. The van der Waals surface area contributed by atoms with Crippen LogP contribution in [-0.4, -0.2) is 22.5 Å². The Morgan fingerprint density at radius 3 is 2.68 bits per heavy atom. The first-order chi connectivity index (χ1) is 12.2. The SMILES string of the molecule is O=C(NCC(O)c1cccc2ccccc12)c1nc2ccccc2s1. The fourth-order valence-electron chi connectivity index (χ4n) is 2.89. The predicted octanol–water partition coefficient (Wildman–Crippen LogP) is 3.91. The van der Waals surface area contributed by atoms with E-state index in [1.165, 1.54) is 11.3 Å².